The van der Waals surface area contributed by atoms with E-state index in [1.54, 1.807) is 12.1 Å². The largest absolute Gasteiger partial charge is 0.487 e. The molecule has 1 aliphatic heterocycles. The van der Waals surface area contributed by atoms with Crippen LogP contribution in [0.1, 0.15) is 30.1 Å². The number of rotatable bonds is 5. The van der Waals surface area contributed by atoms with Crippen molar-refractivity contribution in [2.24, 2.45) is 0 Å². The molecule has 1 aromatic heterocycles. The van der Waals surface area contributed by atoms with E-state index in [2.05, 4.69) is 9.55 Å². The van der Waals surface area contributed by atoms with Crippen LogP contribution in [0.25, 0.3) is 0 Å². The number of hydrogen-bond acceptors (Lipinski definition) is 5. The van der Waals surface area contributed by atoms with Crippen LogP contribution in [0.15, 0.2) is 24.7 Å². The fourth-order valence-corrected chi connectivity index (χ4v) is 2.50. The van der Waals surface area contributed by atoms with Gasteiger partial charge in [-0.05, 0) is 18.9 Å². The van der Waals surface area contributed by atoms with E-state index < -0.39 is 0 Å². The van der Waals surface area contributed by atoms with Crippen molar-refractivity contribution in [3.05, 3.63) is 35.9 Å². The van der Waals surface area contributed by atoms with Crippen molar-refractivity contribution in [2.75, 3.05) is 6.79 Å². The molecule has 4 rings (SSSR count). The van der Waals surface area contributed by atoms with Crippen LogP contribution >= 0.6 is 0 Å². The van der Waals surface area contributed by atoms with E-state index >= 15 is 0 Å². The van der Waals surface area contributed by atoms with Gasteiger partial charge in [0.25, 0.3) is 0 Å². The van der Waals surface area contributed by atoms with Gasteiger partial charge in [0.05, 0.1) is 24.8 Å². The third kappa shape index (κ3) is 2.31. The van der Waals surface area contributed by atoms with E-state index in [1.165, 1.54) is 12.8 Å². The third-order valence-corrected chi connectivity index (χ3v) is 3.79. The van der Waals surface area contributed by atoms with Crippen molar-refractivity contribution in [2.45, 2.75) is 32.1 Å². The van der Waals surface area contributed by atoms with Crippen LogP contribution in [0.2, 0.25) is 0 Å². The molecule has 1 aromatic carbocycles. The number of hydrogen-bond donors (Lipinski definition) is 1. The van der Waals surface area contributed by atoms with Crippen LogP contribution in [-0.2, 0) is 13.2 Å². The normalized spacial score (nSPS) is 16.2. The zero-order valence-corrected chi connectivity index (χ0v) is 11.5. The van der Waals surface area contributed by atoms with E-state index in [1.807, 2.05) is 12.5 Å². The van der Waals surface area contributed by atoms with Gasteiger partial charge in [0.2, 0.25) is 6.79 Å². The molecule has 0 atom stereocenters. The standard InChI is InChI=1S/C15H16N2O4/c18-6-10-3-14-15(21-9-20-14)4-13(10)19-7-12-5-16-8-17(12)11-1-2-11/h3-5,8,11,18H,1-2,6-7,9H2. The number of ether oxygens (including phenoxy) is 3. The molecule has 110 valence electrons. The molecule has 0 amide bonds. The van der Waals surface area contributed by atoms with E-state index in [0.29, 0.717) is 35.5 Å². The number of fused-ring (bicyclic) bond motifs is 1. The summed E-state index contributed by atoms with van der Waals surface area (Å²) in [5, 5.41) is 9.47. The highest BCUT2D eigenvalue weighted by molar-refractivity contribution is 5.51. The maximum atomic E-state index is 9.47. The molecular formula is C15H16N2O4. The van der Waals surface area contributed by atoms with E-state index in [9.17, 15) is 5.11 Å². The quantitative estimate of drug-likeness (QED) is 0.911. The second kappa shape index (κ2) is 4.96. The summed E-state index contributed by atoms with van der Waals surface area (Å²) in [6, 6.07) is 4.10. The Hall–Kier alpha value is -2.21. The monoisotopic (exact) mass is 288 g/mol. The summed E-state index contributed by atoms with van der Waals surface area (Å²) >= 11 is 0. The van der Waals surface area contributed by atoms with Gasteiger partial charge < -0.3 is 23.9 Å². The van der Waals surface area contributed by atoms with Crippen molar-refractivity contribution in [3.8, 4) is 17.2 Å². The topological polar surface area (TPSA) is 65.7 Å². The van der Waals surface area contributed by atoms with Crippen LogP contribution in [-0.4, -0.2) is 21.5 Å². The van der Waals surface area contributed by atoms with Crippen LogP contribution in [0.5, 0.6) is 17.2 Å². The van der Waals surface area contributed by atoms with Crippen molar-refractivity contribution < 1.29 is 19.3 Å². The Morgan fingerprint density at radius 2 is 2.10 bits per heavy atom. The fraction of sp³-hybridized carbons (Fsp3) is 0.400. The SMILES string of the molecule is OCc1cc2c(cc1OCc1cncn1C1CC1)OCO2. The molecule has 0 spiro atoms. The highest BCUT2D eigenvalue weighted by Crippen LogP contribution is 2.39. The van der Waals surface area contributed by atoms with Gasteiger partial charge in [-0.15, -0.1) is 0 Å². The Morgan fingerprint density at radius 1 is 1.29 bits per heavy atom. The van der Waals surface area contributed by atoms with Crippen molar-refractivity contribution >= 4 is 0 Å². The Labute approximate surface area is 121 Å². The molecule has 1 N–H and O–H groups in total. The molecule has 6 nitrogen and oxygen atoms in total. The molecule has 0 bridgehead atoms. The molecule has 1 fully saturated rings. The number of imidazole rings is 1. The van der Waals surface area contributed by atoms with Crippen LogP contribution < -0.4 is 14.2 Å². The van der Waals surface area contributed by atoms with E-state index in [-0.39, 0.29) is 13.4 Å². The summed E-state index contributed by atoms with van der Waals surface area (Å²) in [6.45, 7) is 0.523. The van der Waals surface area contributed by atoms with Gasteiger partial charge in [-0.3, -0.25) is 0 Å². The average molecular weight is 288 g/mol. The Morgan fingerprint density at radius 3 is 2.86 bits per heavy atom. The first-order valence-electron chi connectivity index (χ1n) is 7.02. The maximum Gasteiger partial charge on any atom is 0.231 e. The van der Waals surface area contributed by atoms with E-state index in [0.717, 1.165) is 5.69 Å². The lowest BCUT2D eigenvalue weighted by molar-refractivity contribution is 0.173. The fourth-order valence-electron chi connectivity index (χ4n) is 2.50. The first-order chi connectivity index (χ1) is 10.3. The molecule has 0 saturated heterocycles. The van der Waals surface area contributed by atoms with E-state index in [4.69, 9.17) is 14.2 Å². The maximum absolute atomic E-state index is 9.47. The minimum Gasteiger partial charge on any atom is -0.487 e. The zero-order chi connectivity index (χ0) is 14.2. The summed E-state index contributed by atoms with van der Waals surface area (Å²) in [6.07, 6.45) is 6.08. The van der Waals surface area contributed by atoms with Gasteiger partial charge in [0.1, 0.15) is 12.4 Å². The highest BCUT2D eigenvalue weighted by atomic mass is 16.7. The molecule has 2 aromatic rings. The summed E-state index contributed by atoms with van der Waals surface area (Å²) < 4.78 is 18.7. The minimum atomic E-state index is -0.103. The smallest absolute Gasteiger partial charge is 0.231 e. The Bertz CT molecular complexity index is 664. The molecule has 2 aliphatic rings. The van der Waals surface area contributed by atoms with Crippen LogP contribution in [0, 0.1) is 0 Å². The van der Waals surface area contributed by atoms with Gasteiger partial charge >= 0.3 is 0 Å². The molecule has 0 radical (unpaired) electrons. The van der Waals surface area contributed by atoms with Gasteiger partial charge in [0.15, 0.2) is 11.5 Å². The molecule has 6 heteroatoms. The lowest BCUT2D eigenvalue weighted by Crippen LogP contribution is -2.05. The second-order valence-corrected chi connectivity index (χ2v) is 5.28. The van der Waals surface area contributed by atoms with Gasteiger partial charge in [0, 0.05) is 17.7 Å². The lowest BCUT2D eigenvalue weighted by atomic mass is 10.2. The zero-order valence-electron chi connectivity index (χ0n) is 11.5. The van der Waals surface area contributed by atoms with Gasteiger partial charge in [-0.2, -0.15) is 0 Å². The molecular weight excluding hydrogens is 272 g/mol. The molecule has 1 saturated carbocycles. The summed E-state index contributed by atoms with van der Waals surface area (Å²) in [7, 11) is 0. The molecule has 2 heterocycles. The number of nitrogens with zero attached hydrogens (tertiary/aromatic N) is 2. The summed E-state index contributed by atoms with van der Waals surface area (Å²) in [4.78, 5) is 4.18. The van der Waals surface area contributed by atoms with Crippen molar-refractivity contribution in [3.63, 3.8) is 0 Å². The molecule has 1 aliphatic carbocycles. The lowest BCUT2D eigenvalue weighted by Gasteiger charge is -2.12. The second-order valence-electron chi connectivity index (χ2n) is 5.28. The third-order valence-electron chi connectivity index (χ3n) is 3.79. The number of aromatic nitrogens is 2. The van der Waals surface area contributed by atoms with Crippen LogP contribution in [0.3, 0.4) is 0 Å². The summed E-state index contributed by atoms with van der Waals surface area (Å²) in [5.41, 5.74) is 1.73. The predicted octanol–water partition coefficient (Wildman–Crippen LogP) is 2.02. The highest BCUT2D eigenvalue weighted by Gasteiger charge is 2.25. The number of aliphatic hydroxyl groups is 1. The minimum absolute atomic E-state index is 0.103. The average Bonchev–Trinajstić information content (AvgIpc) is 3.07. The molecule has 21 heavy (non-hydrogen) atoms. The number of benzene rings is 1. The first kappa shape index (κ1) is 12.5. The Balaban J connectivity index is 1.55. The summed E-state index contributed by atoms with van der Waals surface area (Å²) in [5.74, 6) is 1.91. The predicted molar refractivity (Wildman–Crippen MR) is 73.3 cm³/mol. The number of aliphatic hydroxyl groups excluding tert-OH is 1. The van der Waals surface area contributed by atoms with Crippen molar-refractivity contribution in [1.82, 2.24) is 9.55 Å². The van der Waals surface area contributed by atoms with Gasteiger partial charge in [-0.1, -0.05) is 0 Å². The van der Waals surface area contributed by atoms with Gasteiger partial charge in [-0.25, -0.2) is 4.98 Å². The molecule has 0 unspecified atom stereocenters. The van der Waals surface area contributed by atoms with Crippen LogP contribution in [0.4, 0.5) is 0 Å². The Kier molecular flexibility index (Phi) is 2.96. The van der Waals surface area contributed by atoms with Crippen molar-refractivity contribution in [1.29, 1.82) is 0 Å². The first-order valence-corrected chi connectivity index (χ1v) is 7.02.